The number of hydrogen-bond acceptors (Lipinski definition) is 2. The molecule has 1 amide bonds. The molecule has 2 rings (SSSR count). The van der Waals surface area contributed by atoms with Crippen molar-refractivity contribution >= 4 is 11.6 Å². The van der Waals surface area contributed by atoms with Gasteiger partial charge < -0.3 is 10.6 Å². The van der Waals surface area contributed by atoms with Gasteiger partial charge >= 0.3 is 0 Å². The molecule has 0 aliphatic heterocycles. The fourth-order valence-corrected chi connectivity index (χ4v) is 2.86. The smallest absolute Gasteiger partial charge is 0.253 e. The second-order valence-corrected chi connectivity index (χ2v) is 5.87. The van der Waals surface area contributed by atoms with Crippen LogP contribution in [0.1, 0.15) is 54.9 Å². The summed E-state index contributed by atoms with van der Waals surface area (Å²) in [4.78, 5) is 12.5. The first-order valence-corrected chi connectivity index (χ1v) is 7.15. The van der Waals surface area contributed by atoms with Crippen LogP contribution in [0, 0.1) is 6.92 Å². The molecule has 19 heavy (non-hydrogen) atoms. The van der Waals surface area contributed by atoms with Gasteiger partial charge in [0.2, 0.25) is 0 Å². The van der Waals surface area contributed by atoms with E-state index in [0.717, 1.165) is 29.7 Å². The highest BCUT2D eigenvalue weighted by molar-refractivity contribution is 6.00. The predicted octanol–water partition coefficient (Wildman–Crippen LogP) is 3.49. The first kappa shape index (κ1) is 13.9. The van der Waals surface area contributed by atoms with Crippen molar-refractivity contribution in [1.29, 1.82) is 0 Å². The van der Waals surface area contributed by atoms with E-state index in [-0.39, 0.29) is 11.4 Å². The van der Waals surface area contributed by atoms with E-state index in [2.05, 4.69) is 17.6 Å². The van der Waals surface area contributed by atoms with Gasteiger partial charge in [-0.05, 0) is 38.8 Å². The molecule has 2 N–H and O–H groups in total. The normalized spacial score (nSPS) is 17.8. The Bertz CT molecular complexity index is 462. The predicted molar refractivity (Wildman–Crippen MR) is 79.7 cm³/mol. The zero-order chi connectivity index (χ0) is 13.9. The second kappa shape index (κ2) is 5.64. The number of carbonyl (C=O) groups is 1. The van der Waals surface area contributed by atoms with E-state index in [9.17, 15) is 4.79 Å². The van der Waals surface area contributed by atoms with E-state index < -0.39 is 0 Å². The van der Waals surface area contributed by atoms with Crippen molar-refractivity contribution in [1.82, 2.24) is 5.32 Å². The Morgan fingerprint density at radius 2 is 1.89 bits per heavy atom. The molecule has 1 aromatic rings. The molecule has 3 nitrogen and oxygen atoms in total. The number of rotatable bonds is 3. The molecule has 1 aromatic carbocycles. The van der Waals surface area contributed by atoms with Crippen LogP contribution in [-0.4, -0.2) is 18.5 Å². The van der Waals surface area contributed by atoms with E-state index >= 15 is 0 Å². The minimum Gasteiger partial charge on any atom is -0.387 e. The quantitative estimate of drug-likeness (QED) is 0.873. The van der Waals surface area contributed by atoms with Crippen molar-refractivity contribution in [3.8, 4) is 0 Å². The molecule has 3 heteroatoms. The number of anilines is 1. The lowest BCUT2D eigenvalue weighted by Gasteiger charge is -2.34. The van der Waals surface area contributed by atoms with Crippen molar-refractivity contribution in [2.45, 2.75) is 51.5 Å². The second-order valence-electron chi connectivity index (χ2n) is 5.87. The van der Waals surface area contributed by atoms with Gasteiger partial charge in [0, 0.05) is 18.3 Å². The number of amides is 1. The highest BCUT2D eigenvalue weighted by Crippen LogP contribution is 2.28. The van der Waals surface area contributed by atoms with Gasteiger partial charge in [-0.3, -0.25) is 4.79 Å². The van der Waals surface area contributed by atoms with Gasteiger partial charge in [-0.15, -0.1) is 0 Å². The van der Waals surface area contributed by atoms with Crippen LogP contribution in [0.5, 0.6) is 0 Å². The SMILES string of the molecule is CNc1ccc(C)cc1C(=O)NC1(C)CCCCC1. The molecule has 1 aliphatic rings. The Morgan fingerprint density at radius 1 is 1.21 bits per heavy atom. The average Bonchev–Trinajstić information content (AvgIpc) is 2.39. The van der Waals surface area contributed by atoms with E-state index in [0.29, 0.717) is 0 Å². The fourth-order valence-electron chi connectivity index (χ4n) is 2.86. The molecule has 0 unspecified atom stereocenters. The van der Waals surface area contributed by atoms with Crippen molar-refractivity contribution in [2.24, 2.45) is 0 Å². The summed E-state index contributed by atoms with van der Waals surface area (Å²) >= 11 is 0. The average molecular weight is 260 g/mol. The molecule has 0 spiro atoms. The summed E-state index contributed by atoms with van der Waals surface area (Å²) < 4.78 is 0. The molecule has 0 heterocycles. The molecule has 0 bridgehead atoms. The maximum atomic E-state index is 12.5. The Kier molecular flexibility index (Phi) is 4.13. The van der Waals surface area contributed by atoms with Crippen molar-refractivity contribution in [3.63, 3.8) is 0 Å². The van der Waals surface area contributed by atoms with Crippen LogP contribution in [0.4, 0.5) is 5.69 Å². The number of nitrogens with one attached hydrogen (secondary N) is 2. The summed E-state index contributed by atoms with van der Waals surface area (Å²) in [7, 11) is 1.85. The Morgan fingerprint density at radius 3 is 2.53 bits per heavy atom. The van der Waals surface area contributed by atoms with Gasteiger partial charge in [0.25, 0.3) is 5.91 Å². The minimum absolute atomic E-state index is 0.0376. The Balaban J connectivity index is 2.17. The molecule has 0 aromatic heterocycles. The number of benzene rings is 1. The van der Waals surface area contributed by atoms with Crippen LogP contribution < -0.4 is 10.6 Å². The third kappa shape index (κ3) is 3.28. The van der Waals surface area contributed by atoms with Gasteiger partial charge in [-0.25, -0.2) is 0 Å². The van der Waals surface area contributed by atoms with Crippen LogP contribution in [0.25, 0.3) is 0 Å². The molecule has 0 radical (unpaired) electrons. The number of carbonyl (C=O) groups excluding carboxylic acids is 1. The first-order valence-electron chi connectivity index (χ1n) is 7.15. The lowest BCUT2D eigenvalue weighted by atomic mass is 9.83. The number of hydrogen-bond donors (Lipinski definition) is 2. The van der Waals surface area contributed by atoms with Crippen molar-refractivity contribution < 1.29 is 4.79 Å². The van der Waals surface area contributed by atoms with Crippen LogP contribution in [0.3, 0.4) is 0 Å². The summed E-state index contributed by atoms with van der Waals surface area (Å²) in [6.45, 7) is 4.18. The first-order chi connectivity index (χ1) is 9.04. The van der Waals surface area contributed by atoms with Gasteiger partial charge in [0.15, 0.2) is 0 Å². The highest BCUT2D eigenvalue weighted by atomic mass is 16.1. The van der Waals surface area contributed by atoms with Crippen LogP contribution in [0.2, 0.25) is 0 Å². The zero-order valence-electron chi connectivity index (χ0n) is 12.2. The van der Waals surface area contributed by atoms with E-state index in [1.54, 1.807) is 0 Å². The molecule has 104 valence electrons. The third-order valence-electron chi connectivity index (χ3n) is 4.06. The molecule has 0 saturated heterocycles. The maximum absolute atomic E-state index is 12.5. The largest absolute Gasteiger partial charge is 0.387 e. The number of aryl methyl sites for hydroxylation is 1. The van der Waals surface area contributed by atoms with Gasteiger partial charge in [-0.2, -0.15) is 0 Å². The fraction of sp³-hybridized carbons (Fsp3) is 0.562. The summed E-state index contributed by atoms with van der Waals surface area (Å²) in [5.74, 6) is 0.0393. The lowest BCUT2D eigenvalue weighted by Crippen LogP contribution is -2.47. The lowest BCUT2D eigenvalue weighted by molar-refractivity contribution is 0.0883. The van der Waals surface area contributed by atoms with Crippen LogP contribution >= 0.6 is 0 Å². The molecule has 1 saturated carbocycles. The topological polar surface area (TPSA) is 41.1 Å². The van der Waals surface area contributed by atoms with Gasteiger partial charge in [0.1, 0.15) is 0 Å². The monoisotopic (exact) mass is 260 g/mol. The summed E-state index contributed by atoms with van der Waals surface area (Å²) in [6, 6.07) is 5.94. The van der Waals surface area contributed by atoms with E-state index in [1.165, 1.54) is 19.3 Å². The Labute approximate surface area is 115 Å². The van der Waals surface area contributed by atoms with E-state index in [4.69, 9.17) is 0 Å². The standard InChI is InChI=1S/C16H24N2O/c1-12-7-8-14(17-3)13(11-12)15(19)18-16(2)9-5-4-6-10-16/h7-8,11,17H,4-6,9-10H2,1-3H3,(H,18,19). The summed E-state index contributed by atoms with van der Waals surface area (Å²) in [5.41, 5.74) is 2.71. The van der Waals surface area contributed by atoms with Crippen LogP contribution in [0.15, 0.2) is 18.2 Å². The Hall–Kier alpha value is -1.51. The molecular weight excluding hydrogens is 236 g/mol. The van der Waals surface area contributed by atoms with Crippen molar-refractivity contribution in [2.75, 3.05) is 12.4 Å². The highest BCUT2D eigenvalue weighted by Gasteiger charge is 2.29. The summed E-state index contributed by atoms with van der Waals surface area (Å²) in [5, 5.41) is 6.33. The molecule has 1 aliphatic carbocycles. The third-order valence-corrected chi connectivity index (χ3v) is 4.06. The van der Waals surface area contributed by atoms with Gasteiger partial charge in [0.05, 0.1) is 5.56 Å². The molecule has 1 fully saturated rings. The molecular formula is C16H24N2O. The molecule has 0 atom stereocenters. The maximum Gasteiger partial charge on any atom is 0.253 e. The zero-order valence-corrected chi connectivity index (χ0v) is 12.2. The summed E-state index contributed by atoms with van der Waals surface area (Å²) in [6.07, 6.45) is 5.88. The minimum atomic E-state index is -0.0376. The van der Waals surface area contributed by atoms with Gasteiger partial charge in [-0.1, -0.05) is 30.9 Å². The van der Waals surface area contributed by atoms with Crippen LogP contribution in [-0.2, 0) is 0 Å². The van der Waals surface area contributed by atoms with Crippen molar-refractivity contribution in [3.05, 3.63) is 29.3 Å². The van der Waals surface area contributed by atoms with E-state index in [1.807, 2.05) is 32.2 Å².